The molecule has 0 aliphatic heterocycles. The van der Waals surface area contributed by atoms with Crippen molar-refractivity contribution in [1.29, 1.82) is 0 Å². The molecule has 5 heteroatoms. The number of hydrogen-bond donors (Lipinski definition) is 0. The third-order valence-electron chi connectivity index (χ3n) is 2.36. The Bertz CT molecular complexity index is 382. The molecule has 0 fully saturated rings. The lowest BCUT2D eigenvalue weighted by Gasteiger charge is -2.25. The zero-order valence-corrected chi connectivity index (χ0v) is 12.1. The summed E-state index contributed by atoms with van der Waals surface area (Å²) in [5, 5.41) is 0. The number of amides is 1. The van der Waals surface area contributed by atoms with Gasteiger partial charge in [0.25, 0.3) is 0 Å². The second kappa shape index (κ2) is 6.59. The average Bonchev–Trinajstić information content (AvgIpc) is 2.29. The lowest BCUT2D eigenvalue weighted by molar-refractivity contribution is -0.127. The Morgan fingerprint density at radius 1 is 1.47 bits per heavy atom. The molecule has 1 heterocycles. The van der Waals surface area contributed by atoms with Gasteiger partial charge in [-0.25, -0.2) is 4.98 Å². The highest BCUT2D eigenvalue weighted by Crippen LogP contribution is 2.22. The van der Waals surface area contributed by atoms with Crippen LogP contribution in [0.25, 0.3) is 0 Å². The molecule has 0 spiro atoms. The van der Waals surface area contributed by atoms with Gasteiger partial charge in [0.2, 0.25) is 5.91 Å². The van der Waals surface area contributed by atoms with E-state index in [2.05, 4.69) is 27.8 Å². The van der Waals surface area contributed by atoms with Gasteiger partial charge in [0, 0.05) is 26.8 Å². The summed E-state index contributed by atoms with van der Waals surface area (Å²) in [5.41, 5.74) is 0. The van der Waals surface area contributed by atoms with E-state index in [1.807, 2.05) is 17.0 Å². The Morgan fingerprint density at radius 3 is 2.71 bits per heavy atom. The molecule has 0 atom stereocenters. The van der Waals surface area contributed by atoms with Crippen molar-refractivity contribution in [3.8, 4) is 0 Å². The first-order valence-electron chi connectivity index (χ1n) is 5.62. The van der Waals surface area contributed by atoms with Gasteiger partial charge in [-0.1, -0.05) is 6.92 Å². The molecule has 0 unspecified atom stereocenters. The third kappa shape index (κ3) is 4.00. The molecule has 17 heavy (non-hydrogen) atoms. The first-order valence-corrected chi connectivity index (χ1v) is 6.41. The van der Waals surface area contributed by atoms with Crippen LogP contribution in [0.4, 0.5) is 5.82 Å². The van der Waals surface area contributed by atoms with Crippen LogP contribution in [-0.2, 0) is 4.79 Å². The molecule has 0 bridgehead atoms. The van der Waals surface area contributed by atoms with Gasteiger partial charge in [-0.15, -0.1) is 0 Å². The fourth-order valence-electron chi connectivity index (χ4n) is 1.44. The summed E-state index contributed by atoms with van der Waals surface area (Å²) >= 11 is 3.46. The van der Waals surface area contributed by atoms with E-state index >= 15 is 0 Å². The molecule has 0 N–H and O–H groups in total. The molecule has 1 aromatic heterocycles. The van der Waals surface area contributed by atoms with Crippen LogP contribution in [0.3, 0.4) is 0 Å². The Labute approximate surface area is 111 Å². The molecule has 4 nitrogen and oxygen atoms in total. The largest absolute Gasteiger partial charge is 0.347 e. The van der Waals surface area contributed by atoms with Crippen molar-refractivity contribution in [2.45, 2.75) is 13.3 Å². The number of aromatic nitrogens is 1. The molecule has 0 saturated heterocycles. The number of halogens is 1. The predicted molar refractivity (Wildman–Crippen MR) is 73.1 cm³/mol. The highest BCUT2D eigenvalue weighted by molar-refractivity contribution is 9.10. The lowest BCUT2D eigenvalue weighted by Crippen LogP contribution is -2.37. The highest BCUT2D eigenvalue weighted by Gasteiger charge is 2.15. The van der Waals surface area contributed by atoms with Crippen molar-refractivity contribution in [2.24, 2.45) is 0 Å². The van der Waals surface area contributed by atoms with E-state index < -0.39 is 0 Å². The first kappa shape index (κ1) is 14.0. The van der Waals surface area contributed by atoms with E-state index in [9.17, 15) is 4.79 Å². The number of nitrogens with zero attached hydrogens (tertiary/aromatic N) is 3. The third-order valence-corrected chi connectivity index (χ3v) is 2.98. The molecule has 0 aliphatic rings. The maximum absolute atomic E-state index is 11.8. The second-order valence-electron chi connectivity index (χ2n) is 4.02. The first-order chi connectivity index (χ1) is 8.06. The molecule has 0 saturated carbocycles. The van der Waals surface area contributed by atoms with E-state index in [4.69, 9.17) is 0 Å². The van der Waals surface area contributed by atoms with Gasteiger partial charge in [0.05, 0.1) is 11.0 Å². The number of anilines is 1. The van der Waals surface area contributed by atoms with E-state index in [-0.39, 0.29) is 5.91 Å². The van der Waals surface area contributed by atoms with Crippen molar-refractivity contribution in [2.75, 3.05) is 32.1 Å². The summed E-state index contributed by atoms with van der Waals surface area (Å²) in [7, 11) is 3.53. The van der Waals surface area contributed by atoms with E-state index in [1.165, 1.54) is 0 Å². The minimum atomic E-state index is 0.0796. The van der Waals surface area contributed by atoms with Crippen molar-refractivity contribution in [1.82, 2.24) is 9.88 Å². The van der Waals surface area contributed by atoms with Gasteiger partial charge >= 0.3 is 0 Å². The fourth-order valence-corrected chi connectivity index (χ4v) is 1.95. The lowest BCUT2D eigenvalue weighted by atomic mass is 10.3. The number of carbonyl (C=O) groups excluding carboxylic acids is 1. The van der Waals surface area contributed by atoms with Crippen molar-refractivity contribution in [3.05, 3.63) is 22.8 Å². The number of carbonyl (C=O) groups is 1. The van der Waals surface area contributed by atoms with E-state index in [0.717, 1.165) is 23.3 Å². The van der Waals surface area contributed by atoms with Crippen LogP contribution in [0.1, 0.15) is 13.3 Å². The number of pyridine rings is 1. The Morgan fingerprint density at radius 2 is 2.18 bits per heavy atom. The normalized spacial score (nSPS) is 10.1. The van der Waals surface area contributed by atoms with Crippen molar-refractivity contribution in [3.63, 3.8) is 0 Å². The summed E-state index contributed by atoms with van der Waals surface area (Å²) in [6.07, 6.45) is 2.71. The topological polar surface area (TPSA) is 36.4 Å². The number of rotatable bonds is 5. The zero-order chi connectivity index (χ0) is 12.8. The highest BCUT2D eigenvalue weighted by atomic mass is 79.9. The second-order valence-corrected chi connectivity index (χ2v) is 4.87. The predicted octanol–water partition coefficient (Wildman–Crippen LogP) is 2.15. The van der Waals surface area contributed by atoms with Crippen LogP contribution in [0.2, 0.25) is 0 Å². The quantitative estimate of drug-likeness (QED) is 0.836. The van der Waals surface area contributed by atoms with Crippen LogP contribution >= 0.6 is 15.9 Å². The van der Waals surface area contributed by atoms with Gasteiger partial charge in [0.1, 0.15) is 5.82 Å². The maximum atomic E-state index is 11.8. The van der Waals surface area contributed by atoms with Crippen LogP contribution in [-0.4, -0.2) is 43.0 Å². The van der Waals surface area contributed by atoms with Crippen LogP contribution < -0.4 is 4.90 Å². The smallest absolute Gasteiger partial charge is 0.241 e. The zero-order valence-electron chi connectivity index (χ0n) is 10.5. The summed E-state index contributed by atoms with van der Waals surface area (Å²) < 4.78 is 0.917. The molecule has 0 aromatic carbocycles. The van der Waals surface area contributed by atoms with Crippen LogP contribution in [0.15, 0.2) is 22.8 Å². The van der Waals surface area contributed by atoms with Gasteiger partial charge in [0.15, 0.2) is 0 Å². The van der Waals surface area contributed by atoms with Crippen molar-refractivity contribution >= 4 is 27.7 Å². The molecular formula is C12H18BrN3O. The van der Waals surface area contributed by atoms with Gasteiger partial charge in [-0.2, -0.15) is 0 Å². The summed E-state index contributed by atoms with van der Waals surface area (Å²) in [4.78, 5) is 19.7. The number of likely N-dealkylation sites (N-methyl/N-ethyl adjacent to an activating group) is 1. The molecule has 1 aromatic rings. The van der Waals surface area contributed by atoms with Crippen LogP contribution in [0.5, 0.6) is 0 Å². The molecule has 0 aliphatic carbocycles. The molecule has 0 radical (unpaired) electrons. The van der Waals surface area contributed by atoms with Crippen molar-refractivity contribution < 1.29 is 4.79 Å². The minimum absolute atomic E-state index is 0.0796. The standard InChI is InChI=1S/C12H18BrN3O/c1-4-8-16(9-11(17)15(2)3)12-10(13)6-5-7-14-12/h5-7H,4,8-9H2,1-3H3. The molecule has 1 amide bonds. The summed E-state index contributed by atoms with van der Waals surface area (Å²) in [6.45, 7) is 3.26. The van der Waals surface area contributed by atoms with Gasteiger partial charge in [-0.3, -0.25) is 4.79 Å². The summed E-state index contributed by atoms with van der Waals surface area (Å²) in [6, 6.07) is 3.80. The van der Waals surface area contributed by atoms with Gasteiger partial charge < -0.3 is 9.80 Å². The Balaban J connectivity index is 2.86. The Hall–Kier alpha value is -1.10. The maximum Gasteiger partial charge on any atom is 0.241 e. The SMILES string of the molecule is CCCN(CC(=O)N(C)C)c1ncccc1Br. The van der Waals surface area contributed by atoms with Crippen LogP contribution in [0, 0.1) is 0 Å². The monoisotopic (exact) mass is 299 g/mol. The van der Waals surface area contributed by atoms with Gasteiger partial charge in [-0.05, 0) is 34.5 Å². The Kier molecular flexibility index (Phi) is 5.41. The molecule has 1 rings (SSSR count). The average molecular weight is 300 g/mol. The van der Waals surface area contributed by atoms with E-state index in [0.29, 0.717) is 6.54 Å². The minimum Gasteiger partial charge on any atom is -0.347 e. The molecule has 94 valence electrons. The van der Waals surface area contributed by atoms with E-state index in [1.54, 1.807) is 25.2 Å². The molecular weight excluding hydrogens is 282 g/mol. The summed E-state index contributed by atoms with van der Waals surface area (Å²) in [5.74, 6) is 0.903. The fraction of sp³-hybridized carbons (Fsp3) is 0.500. The number of hydrogen-bond acceptors (Lipinski definition) is 3.